The molecule has 0 saturated heterocycles. The molecule has 0 heterocycles. The molecule has 0 atom stereocenters. The summed E-state index contributed by atoms with van der Waals surface area (Å²) >= 11 is 0. The molecule has 2 N–H and O–H groups in total. The maximum atomic E-state index is 5.61. The van der Waals surface area contributed by atoms with Crippen LogP contribution in [0.3, 0.4) is 0 Å². The summed E-state index contributed by atoms with van der Waals surface area (Å²) in [6, 6.07) is 6.26. The molecule has 0 bridgehead atoms. The minimum atomic E-state index is 0. The summed E-state index contributed by atoms with van der Waals surface area (Å²) in [6.07, 6.45) is 3.56. The van der Waals surface area contributed by atoms with Gasteiger partial charge < -0.3 is 20.1 Å². The summed E-state index contributed by atoms with van der Waals surface area (Å²) in [6.45, 7) is 5.31. The number of hydrogen-bond donors (Lipinski definition) is 2. The van der Waals surface area contributed by atoms with E-state index in [1.165, 1.54) is 24.0 Å². The van der Waals surface area contributed by atoms with Crippen LogP contribution in [0.4, 0.5) is 0 Å². The van der Waals surface area contributed by atoms with Crippen molar-refractivity contribution in [3.05, 3.63) is 29.3 Å². The van der Waals surface area contributed by atoms with E-state index in [0.717, 1.165) is 50.4 Å². The second-order valence-electron chi connectivity index (χ2n) is 6.01. The fourth-order valence-electron chi connectivity index (χ4n) is 2.42. The fraction of sp³-hybridized carbons (Fsp3) is 0.611. The highest BCUT2D eigenvalue weighted by molar-refractivity contribution is 14.0. The summed E-state index contributed by atoms with van der Waals surface area (Å²) in [7, 11) is 3.50. The van der Waals surface area contributed by atoms with Crippen molar-refractivity contribution in [2.24, 2.45) is 10.9 Å². The number of benzene rings is 1. The molecular weight excluding hydrogens is 417 g/mol. The Labute approximate surface area is 162 Å². The smallest absolute Gasteiger partial charge is 0.191 e. The maximum Gasteiger partial charge on any atom is 0.191 e. The van der Waals surface area contributed by atoms with Gasteiger partial charge in [-0.25, -0.2) is 0 Å². The number of nitrogens with zero attached hydrogens (tertiary/aromatic N) is 1. The lowest BCUT2D eigenvalue weighted by molar-refractivity contribution is 0.129. The average molecular weight is 447 g/mol. The van der Waals surface area contributed by atoms with E-state index in [-0.39, 0.29) is 24.0 Å². The Morgan fingerprint density at radius 3 is 2.67 bits per heavy atom. The fourth-order valence-corrected chi connectivity index (χ4v) is 2.42. The number of methoxy groups -OCH3 is 1. The van der Waals surface area contributed by atoms with E-state index in [1.807, 2.05) is 6.07 Å². The summed E-state index contributed by atoms with van der Waals surface area (Å²) in [5.74, 6) is 2.57. The number of aliphatic imine (C=N–C) groups is 1. The Morgan fingerprint density at radius 1 is 1.25 bits per heavy atom. The van der Waals surface area contributed by atoms with Gasteiger partial charge in [0, 0.05) is 26.7 Å². The first-order valence-electron chi connectivity index (χ1n) is 8.38. The third-order valence-corrected chi connectivity index (χ3v) is 3.94. The molecular formula is C18H30IN3O2. The summed E-state index contributed by atoms with van der Waals surface area (Å²) in [4.78, 5) is 4.23. The van der Waals surface area contributed by atoms with Gasteiger partial charge in [-0.15, -0.1) is 24.0 Å². The Bertz CT molecular complexity index is 519. The van der Waals surface area contributed by atoms with E-state index in [9.17, 15) is 0 Å². The van der Waals surface area contributed by atoms with Crippen molar-refractivity contribution in [3.8, 4) is 5.75 Å². The molecule has 1 aromatic carbocycles. The van der Waals surface area contributed by atoms with Gasteiger partial charge in [0.15, 0.2) is 5.96 Å². The quantitative estimate of drug-likeness (QED) is 0.265. The molecule has 136 valence electrons. The molecule has 6 heteroatoms. The Morgan fingerprint density at radius 2 is 2.00 bits per heavy atom. The number of halogens is 1. The van der Waals surface area contributed by atoms with Gasteiger partial charge in [0.1, 0.15) is 5.75 Å². The second-order valence-corrected chi connectivity index (χ2v) is 6.01. The normalized spacial score (nSPS) is 14.0. The first-order chi connectivity index (χ1) is 11.2. The van der Waals surface area contributed by atoms with Gasteiger partial charge >= 0.3 is 0 Å². The Hall–Kier alpha value is -1.02. The number of hydrogen-bond acceptors (Lipinski definition) is 3. The molecule has 1 aliphatic rings. The van der Waals surface area contributed by atoms with Crippen LogP contribution < -0.4 is 15.4 Å². The third kappa shape index (κ3) is 7.70. The van der Waals surface area contributed by atoms with E-state index in [4.69, 9.17) is 9.47 Å². The lowest BCUT2D eigenvalue weighted by Crippen LogP contribution is -2.39. The molecule has 0 unspecified atom stereocenters. The third-order valence-electron chi connectivity index (χ3n) is 3.94. The summed E-state index contributed by atoms with van der Waals surface area (Å²) in [5.41, 5.74) is 2.46. The van der Waals surface area contributed by atoms with Gasteiger partial charge in [-0.2, -0.15) is 0 Å². The molecule has 0 aromatic heterocycles. The van der Waals surface area contributed by atoms with Gasteiger partial charge in [0.2, 0.25) is 0 Å². The van der Waals surface area contributed by atoms with Crippen LogP contribution in [0.5, 0.6) is 5.75 Å². The van der Waals surface area contributed by atoms with Crippen LogP contribution in [0.15, 0.2) is 23.2 Å². The topological polar surface area (TPSA) is 54.9 Å². The minimum absolute atomic E-state index is 0. The Balaban J connectivity index is 0.00000288. The lowest BCUT2D eigenvalue weighted by Gasteiger charge is -2.13. The van der Waals surface area contributed by atoms with Crippen molar-refractivity contribution in [1.82, 2.24) is 10.6 Å². The predicted octanol–water partition coefficient (Wildman–Crippen LogP) is 2.76. The van der Waals surface area contributed by atoms with Crippen LogP contribution in [-0.4, -0.2) is 46.4 Å². The number of aryl methyl sites for hydroxylation is 1. The molecule has 0 spiro atoms. The van der Waals surface area contributed by atoms with Crippen molar-refractivity contribution in [1.29, 1.82) is 0 Å². The van der Waals surface area contributed by atoms with Crippen LogP contribution >= 0.6 is 24.0 Å². The zero-order valence-corrected chi connectivity index (χ0v) is 17.3. The number of nitrogens with one attached hydrogen (secondary N) is 2. The molecule has 1 aliphatic carbocycles. The molecule has 24 heavy (non-hydrogen) atoms. The van der Waals surface area contributed by atoms with Crippen molar-refractivity contribution >= 4 is 29.9 Å². The van der Waals surface area contributed by atoms with Gasteiger partial charge in [-0.1, -0.05) is 17.7 Å². The zero-order valence-electron chi connectivity index (χ0n) is 14.9. The molecule has 1 aromatic rings. The van der Waals surface area contributed by atoms with Crippen molar-refractivity contribution < 1.29 is 9.47 Å². The van der Waals surface area contributed by atoms with Crippen molar-refractivity contribution in [3.63, 3.8) is 0 Å². The summed E-state index contributed by atoms with van der Waals surface area (Å²) in [5, 5.41) is 6.60. The van der Waals surface area contributed by atoms with Gasteiger partial charge in [0.25, 0.3) is 0 Å². The Kier molecular flexibility index (Phi) is 10.1. The predicted molar refractivity (Wildman–Crippen MR) is 110 cm³/mol. The van der Waals surface area contributed by atoms with E-state index >= 15 is 0 Å². The van der Waals surface area contributed by atoms with E-state index in [2.05, 4.69) is 34.7 Å². The van der Waals surface area contributed by atoms with Gasteiger partial charge in [0.05, 0.1) is 13.7 Å². The molecule has 2 rings (SSSR count). The van der Waals surface area contributed by atoms with Crippen molar-refractivity contribution in [2.45, 2.75) is 26.2 Å². The first-order valence-corrected chi connectivity index (χ1v) is 8.38. The molecule has 0 radical (unpaired) electrons. The highest BCUT2D eigenvalue weighted by Crippen LogP contribution is 2.28. The van der Waals surface area contributed by atoms with Crippen LogP contribution in [-0.2, 0) is 11.2 Å². The monoisotopic (exact) mass is 447 g/mol. The minimum Gasteiger partial charge on any atom is -0.496 e. The van der Waals surface area contributed by atoms with Gasteiger partial charge in [-0.3, -0.25) is 4.99 Å². The van der Waals surface area contributed by atoms with Gasteiger partial charge in [-0.05, 0) is 43.7 Å². The molecule has 5 nitrogen and oxygen atoms in total. The standard InChI is InChI=1S/C18H29N3O2.HI/c1-14-4-7-17(22-3)16(12-14)8-9-20-18(19-2)21-10-11-23-13-15-5-6-15;/h4,7,12,15H,5-6,8-11,13H2,1-3H3,(H2,19,20,21);1H. The molecule has 0 aliphatic heterocycles. The molecule has 0 amide bonds. The van der Waals surface area contributed by atoms with Crippen molar-refractivity contribution in [2.75, 3.05) is 40.5 Å². The van der Waals surface area contributed by atoms with E-state index in [1.54, 1.807) is 14.2 Å². The first kappa shape index (κ1) is 21.0. The highest BCUT2D eigenvalue weighted by Gasteiger charge is 2.20. The SMILES string of the molecule is CN=C(NCCOCC1CC1)NCCc1cc(C)ccc1OC.I. The molecule has 1 saturated carbocycles. The molecule has 1 fully saturated rings. The van der Waals surface area contributed by atoms with E-state index in [0.29, 0.717) is 0 Å². The highest BCUT2D eigenvalue weighted by atomic mass is 127. The number of ether oxygens (including phenoxy) is 2. The van der Waals surface area contributed by atoms with Crippen LogP contribution in [0.2, 0.25) is 0 Å². The van der Waals surface area contributed by atoms with Crippen LogP contribution in [0.1, 0.15) is 24.0 Å². The second kappa shape index (κ2) is 11.5. The summed E-state index contributed by atoms with van der Waals surface area (Å²) < 4.78 is 11.0. The zero-order chi connectivity index (χ0) is 16.5. The number of guanidine groups is 1. The number of rotatable bonds is 9. The van der Waals surface area contributed by atoms with Crippen LogP contribution in [0, 0.1) is 12.8 Å². The van der Waals surface area contributed by atoms with E-state index < -0.39 is 0 Å². The maximum absolute atomic E-state index is 5.61. The lowest BCUT2D eigenvalue weighted by atomic mass is 10.1. The largest absolute Gasteiger partial charge is 0.496 e. The van der Waals surface area contributed by atoms with Crippen LogP contribution in [0.25, 0.3) is 0 Å². The average Bonchev–Trinajstić information content (AvgIpc) is 3.37.